The van der Waals surface area contributed by atoms with Crippen LogP contribution in [-0.2, 0) is 0 Å². The summed E-state index contributed by atoms with van der Waals surface area (Å²) >= 11 is 5.94. The van der Waals surface area contributed by atoms with Gasteiger partial charge >= 0.3 is 0 Å². The van der Waals surface area contributed by atoms with Crippen molar-refractivity contribution in [2.24, 2.45) is 0 Å². The number of hydrogen-bond acceptors (Lipinski definition) is 5. The van der Waals surface area contributed by atoms with Crippen LogP contribution in [0.4, 0.5) is 11.5 Å². The number of hydrogen-bond donors (Lipinski definition) is 2. The molecule has 0 aliphatic carbocycles. The van der Waals surface area contributed by atoms with Crippen LogP contribution in [0, 0.1) is 0 Å². The molecule has 0 saturated heterocycles. The number of aromatic nitrogens is 5. The van der Waals surface area contributed by atoms with Crippen molar-refractivity contribution in [1.82, 2.24) is 25.1 Å². The highest BCUT2D eigenvalue weighted by atomic mass is 35.5. The summed E-state index contributed by atoms with van der Waals surface area (Å²) in [6, 6.07) is 9.82. The number of fused-ring (bicyclic) bond motifs is 2. The Labute approximate surface area is 124 Å². The molecule has 4 rings (SSSR count). The van der Waals surface area contributed by atoms with E-state index in [2.05, 4.69) is 30.5 Å². The van der Waals surface area contributed by atoms with Crippen molar-refractivity contribution < 1.29 is 0 Å². The molecule has 0 unspecified atom stereocenters. The molecule has 1 aromatic carbocycles. The van der Waals surface area contributed by atoms with Crippen LogP contribution in [0.15, 0.2) is 42.7 Å². The molecule has 6 nitrogen and oxygen atoms in total. The smallest absolute Gasteiger partial charge is 0.226 e. The standard InChI is InChI=1S/C14H9ClN6/c15-14-19-12(9-7-17-21-13(9)20-14)18-10-5-1-3-8-4-2-6-16-11(8)10/h1-7H,(H2,17,18,19,20,21). The highest BCUT2D eigenvalue weighted by Gasteiger charge is 2.10. The molecule has 4 aromatic rings. The van der Waals surface area contributed by atoms with Gasteiger partial charge < -0.3 is 5.32 Å². The number of nitrogens with one attached hydrogen (secondary N) is 2. The monoisotopic (exact) mass is 296 g/mol. The maximum atomic E-state index is 5.94. The number of benzene rings is 1. The lowest BCUT2D eigenvalue weighted by Gasteiger charge is -2.09. The van der Waals surface area contributed by atoms with Crippen molar-refractivity contribution in [2.75, 3.05) is 5.32 Å². The molecule has 0 spiro atoms. The number of H-pyrrole nitrogens is 1. The molecule has 0 saturated carbocycles. The summed E-state index contributed by atoms with van der Waals surface area (Å²) in [4.78, 5) is 12.7. The minimum Gasteiger partial charge on any atom is -0.338 e. The van der Waals surface area contributed by atoms with E-state index in [0.717, 1.165) is 22.0 Å². The van der Waals surface area contributed by atoms with E-state index in [4.69, 9.17) is 11.6 Å². The molecule has 0 amide bonds. The molecule has 0 aliphatic rings. The minimum absolute atomic E-state index is 0.155. The van der Waals surface area contributed by atoms with Crippen molar-refractivity contribution >= 4 is 45.0 Å². The van der Waals surface area contributed by atoms with Gasteiger partial charge in [-0.2, -0.15) is 15.1 Å². The predicted molar refractivity (Wildman–Crippen MR) is 81.7 cm³/mol. The first-order valence-electron chi connectivity index (χ1n) is 6.29. The van der Waals surface area contributed by atoms with Crippen LogP contribution < -0.4 is 5.32 Å². The molecule has 0 radical (unpaired) electrons. The van der Waals surface area contributed by atoms with E-state index >= 15 is 0 Å². The number of aromatic amines is 1. The fraction of sp³-hybridized carbons (Fsp3) is 0. The quantitative estimate of drug-likeness (QED) is 0.555. The van der Waals surface area contributed by atoms with Gasteiger partial charge in [-0.25, -0.2) is 0 Å². The number of para-hydroxylation sites is 1. The zero-order chi connectivity index (χ0) is 14.2. The Balaban J connectivity index is 1.89. The van der Waals surface area contributed by atoms with E-state index in [-0.39, 0.29) is 5.28 Å². The average Bonchev–Trinajstić information content (AvgIpc) is 2.96. The number of anilines is 2. The van der Waals surface area contributed by atoms with E-state index in [9.17, 15) is 0 Å². The molecule has 0 fully saturated rings. The maximum absolute atomic E-state index is 5.94. The van der Waals surface area contributed by atoms with Gasteiger partial charge in [0.15, 0.2) is 5.65 Å². The third-order valence-electron chi connectivity index (χ3n) is 3.17. The van der Waals surface area contributed by atoms with Crippen LogP contribution in [0.3, 0.4) is 0 Å². The third-order valence-corrected chi connectivity index (χ3v) is 3.34. The first-order valence-corrected chi connectivity index (χ1v) is 6.66. The van der Waals surface area contributed by atoms with Crippen molar-refractivity contribution in [1.29, 1.82) is 0 Å². The van der Waals surface area contributed by atoms with Crippen molar-refractivity contribution in [3.05, 3.63) is 48.0 Å². The molecule has 0 bridgehead atoms. The van der Waals surface area contributed by atoms with Gasteiger partial charge in [-0.3, -0.25) is 10.1 Å². The maximum Gasteiger partial charge on any atom is 0.226 e. The zero-order valence-electron chi connectivity index (χ0n) is 10.7. The summed E-state index contributed by atoms with van der Waals surface area (Å²) in [6.45, 7) is 0. The van der Waals surface area contributed by atoms with Crippen LogP contribution in [-0.4, -0.2) is 25.1 Å². The summed E-state index contributed by atoms with van der Waals surface area (Å²) < 4.78 is 0. The van der Waals surface area contributed by atoms with Gasteiger partial charge in [0.1, 0.15) is 5.82 Å². The Morgan fingerprint density at radius 3 is 2.95 bits per heavy atom. The molecular formula is C14H9ClN6. The predicted octanol–water partition coefficient (Wildman–Crippen LogP) is 3.30. The van der Waals surface area contributed by atoms with Gasteiger partial charge in [-0.05, 0) is 23.7 Å². The van der Waals surface area contributed by atoms with Crippen LogP contribution in [0.2, 0.25) is 5.28 Å². The lowest BCUT2D eigenvalue weighted by Crippen LogP contribution is -1.97. The Hall–Kier alpha value is -2.73. The van der Waals surface area contributed by atoms with Crippen LogP contribution >= 0.6 is 11.6 Å². The normalized spacial score (nSPS) is 11.1. The summed E-state index contributed by atoms with van der Waals surface area (Å²) in [5, 5.41) is 12.0. The van der Waals surface area contributed by atoms with Gasteiger partial charge in [0.2, 0.25) is 5.28 Å². The summed E-state index contributed by atoms with van der Waals surface area (Å²) in [5.74, 6) is 0.594. The van der Waals surface area contributed by atoms with E-state index in [1.807, 2.05) is 30.3 Å². The largest absolute Gasteiger partial charge is 0.338 e. The van der Waals surface area contributed by atoms with E-state index in [1.54, 1.807) is 12.4 Å². The lowest BCUT2D eigenvalue weighted by atomic mass is 10.2. The summed E-state index contributed by atoms with van der Waals surface area (Å²) in [7, 11) is 0. The molecule has 3 aromatic heterocycles. The topological polar surface area (TPSA) is 79.4 Å². The highest BCUT2D eigenvalue weighted by Crippen LogP contribution is 2.27. The fourth-order valence-electron chi connectivity index (χ4n) is 2.24. The molecular weight excluding hydrogens is 288 g/mol. The lowest BCUT2D eigenvalue weighted by molar-refractivity contribution is 1.09. The number of pyridine rings is 1. The zero-order valence-corrected chi connectivity index (χ0v) is 11.5. The summed E-state index contributed by atoms with van der Waals surface area (Å²) in [6.07, 6.45) is 3.42. The Bertz CT molecular complexity index is 943. The fourth-order valence-corrected chi connectivity index (χ4v) is 2.40. The molecule has 102 valence electrons. The van der Waals surface area contributed by atoms with E-state index in [1.165, 1.54) is 0 Å². The molecule has 2 N–H and O–H groups in total. The number of rotatable bonds is 2. The molecule has 0 atom stereocenters. The summed E-state index contributed by atoms with van der Waals surface area (Å²) in [5.41, 5.74) is 2.31. The molecule has 0 aliphatic heterocycles. The van der Waals surface area contributed by atoms with Crippen LogP contribution in [0.25, 0.3) is 21.9 Å². The van der Waals surface area contributed by atoms with Crippen molar-refractivity contribution in [2.45, 2.75) is 0 Å². The number of halogens is 1. The van der Waals surface area contributed by atoms with Gasteiger partial charge in [0.05, 0.1) is 22.8 Å². The van der Waals surface area contributed by atoms with Gasteiger partial charge in [0, 0.05) is 11.6 Å². The SMILES string of the molecule is Clc1nc(Nc2cccc3cccnc23)c2cn[nH]c2n1. The van der Waals surface area contributed by atoms with Gasteiger partial charge in [-0.15, -0.1) is 0 Å². The second-order valence-electron chi connectivity index (χ2n) is 4.48. The van der Waals surface area contributed by atoms with Crippen LogP contribution in [0.1, 0.15) is 0 Å². The molecule has 7 heteroatoms. The molecule has 3 heterocycles. The molecule has 21 heavy (non-hydrogen) atoms. The Morgan fingerprint density at radius 1 is 1.10 bits per heavy atom. The first kappa shape index (κ1) is 12.0. The Morgan fingerprint density at radius 2 is 2.00 bits per heavy atom. The van der Waals surface area contributed by atoms with Crippen molar-refractivity contribution in [3.8, 4) is 0 Å². The highest BCUT2D eigenvalue weighted by molar-refractivity contribution is 6.28. The average molecular weight is 297 g/mol. The van der Waals surface area contributed by atoms with E-state index < -0.39 is 0 Å². The van der Waals surface area contributed by atoms with Crippen molar-refractivity contribution in [3.63, 3.8) is 0 Å². The third kappa shape index (κ3) is 2.05. The van der Waals surface area contributed by atoms with Crippen LogP contribution in [0.5, 0.6) is 0 Å². The van der Waals surface area contributed by atoms with Gasteiger partial charge in [-0.1, -0.05) is 18.2 Å². The van der Waals surface area contributed by atoms with Gasteiger partial charge in [0.25, 0.3) is 0 Å². The first-order chi connectivity index (χ1) is 10.3. The number of nitrogens with zero attached hydrogens (tertiary/aromatic N) is 4. The van der Waals surface area contributed by atoms with E-state index in [0.29, 0.717) is 11.5 Å². The second-order valence-corrected chi connectivity index (χ2v) is 4.82. The second kappa shape index (κ2) is 4.68. The minimum atomic E-state index is 0.155. The Kier molecular flexibility index (Phi) is 2.68.